The van der Waals surface area contributed by atoms with Crippen molar-refractivity contribution in [2.24, 2.45) is 0 Å². The van der Waals surface area contributed by atoms with Gasteiger partial charge in [-0.1, -0.05) is 36.4 Å². The molecule has 3 heteroatoms. The zero-order chi connectivity index (χ0) is 13.7. The van der Waals surface area contributed by atoms with Crippen LogP contribution in [0.3, 0.4) is 0 Å². The maximum Gasteiger partial charge on any atom is 0.123 e. The van der Waals surface area contributed by atoms with Crippen molar-refractivity contribution in [3.8, 4) is 17.9 Å². The van der Waals surface area contributed by atoms with Crippen molar-refractivity contribution in [3.05, 3.63) is 65.2 Å². The van der Waals surface area contributed by atoms with Crippen LogP contribution in [0.5, 0.6) is 5.75 Å². The lowest BCUT2D eigenvalue weighted by atomic mass is 9.89. The standard InChI is InChI=1S/C16H12N2O/c1-19-16-9-5-4-8-14(16)15(11-18)13-7-3-2-6-12(13)10-17/h2-9,15H,1H3. The highest BCUT2D eigenvalue weighted by atomic mass is 16.5. The number of methoxy groups -OCH3 is 1. The van der Waals surface area contributed by atoms with E-state index in [1.165, 1.54) is 0 Å². The Bertz CT molecular complexity index is 665. The number of benzene rings is 2. The number of rotatable bonds is 3. The van der Waals surface area contributed by atoms with Crippen molar-refractivity contribution >= 4 is 0 Å². The molecular weight excluding hydrogens is 236 g/mol. The van der Waals surface area contributed by atoms with Crippen LogP contribution in [0.15, 0.2) is 48.5 Å². The normalized spacial score (nSPS) is 11.1. The summed E-state index contributed by atoms with van der Waals surface area (Å²) in [5, 5.41) is 18.6. The van der Waals surface area contributed by atoms with Gasteiger partial charge in [-0.25, -0.2) is 0 Å². The number of nitriles is 2. The lowest BCUT2D eigenvalue weighted by molar-refractivity contribution is 0.409. The molecule has 0 N–H and O–H groups in total. The third-order valence-corrected chi connectivity index (χ3v) is 2.97. The summed E-state index contributed by atoms with van der Waals surface area (Å²) in [5.74, 6) is 0.147. The molecule has 19 heavy (non-hydrogen) atoms. The number of hydrogen-bond acceptors (Lipinski definition) is 3. The van der Waals surface area contributed by atoms with Gasteiger partial charge < -0.3 is 4.74 Å². The van der Waals surface area contributed by atoms with Crippen LogP contribution >= 0.6 is 0 Å². The molecule has 0 aliphatic heterocycles. The van der Waals surface area contributed by atoms with E-state index >= 15 is 0 Å². The Kier molecular flexibility index (Phi) is 3.81. The number of ether oxygens (including phenoxy) is 1. The summed E-state index contributed by atoms with van der Waals surface area (Å²) in [4.78, 5) is 0. The van der Waals surface area contributed by atoms with E-state index < -0.39 is 5.92 Å². The second-order valence-electron chi connectivity index (χ2n) is 4.00. The van der Waals surface area contributed by atoms with E-state index in [1.807, 2.05) is 30.3 Å². The predicted molar refractivity (Wildman–Crippen MR) is 71.6 cm³/mol. The summed E-state index contributed by atoms with van der Waals surface area (Å²) in [6, 6.07) is 18.9. The molecule has 1 unspecified atom stereocenters. The molecule has 0 aliphatic rings. The van der Waals surface area contributed by atoms with Gasteiger partial charge in [0.2, 0.25) is 0 Å². The van der Waals surface area contributed by atoms with Gasteiger partial charge in [0, 0.05) is 5.56 Å². The first-order valence-electron chi connectivity index (χ1n) is 5.83. The Morgan fingerprint density at radius 1 is 0.947 bits per heavy atom. The third kappa shape index (κ3) is 2.41. The molecule has 2 aromatic carbocycles. The van der Waals surface area contributed by atoms with Crippen LogP contribution in [0.1, 0.15) is 22.6 Å². The van der Waals surface area contributed by atoms with E-state index in [4.69, 9.17) is 10.00 Å². The molecule has 0 saturated carbocycles. The molecule has 2 rings (SSSR count). The molecule has 0 saturated heterocycles. The van der Waals surface area contributed by atoms with Gasteiger partial charge in [-0.05, 0) is 17.7 Å². The van der Waals surface area contributed by atoms with Crippen LogP contribution in [0, 0.1) is 22.7 Å². The minimum absolute atomic E-state index is 0.507. The third-order valence-electron chi connectivity index (χ3n) is 2.97. The van der Waals surface area contributed by atoms with Crippen LogP contribution in [0.4, 0.5) is 0 Å². The Labute approximate surface area is 112 Å². The molecule has 2 aromatic rings. The Morgan fingerprint density at radius 3 is 2.21 bits per heavy atom. The highest BCUT2D eigenvalue weighted by Crippen LogP contribution is 2.32. The first-order chi connectivity index (χ1) is 9.31. The molecule has 3 nitrogen and oxygen atoms in total. The summed E-state index contributed by atoms with van der Waals surface area (Å²) in [6.07, 6.45) is 0. The fourth-order valence-corrected chi connectivity index (χ4v) is 2.06. The topological polar surface area (TPSA) is 56.8 Å². The first kappa shape index (κ1) is 12.7. The number of hydrogen-bond donors (Lipinski definition) is 0. The van der Waals surface area contributed by atoms with Crippen LogP contribution < -0.4 is 4.74 Å². The van der Waals surface area contributed by atoms with E-state index in [9.17, 15) is 5.26 Å². The monoisotopic (exact) mass is 248 g/mol. The summed E-state index contributed by atoms with van der Waals surface area (Å²) in [7, 11) is 1.57. The molecule has 0 bridgehead atoms. The largest absolute Gasteiger partial charge is 0.496 e. The van der Waals surface area contributed by atoms with Crippen molar-refractivity contribution in [1.82, 2.24) is 0 Å². The SMILES string of the molecule is COc1ccccc1C(C#N)c1ccccc1C#N. The maximum absolute atomic E-state index is 9.46. The van der Waals surface area contributed by atoms with Gasteiger partial charge in [-0.15, -0.1) is 0 Å². The van der Waals surface area contributed by atoms with Gasteiger partial charge >= 0.3 is 0 Å². The zero-order valence-corrected chi connectivity index (χ0v) is 10.5. The zero-order valence-electron chi connectivity index (χ0n) is 10.5. The molecule has 1 atom stereocenters. The van der Waals surface area contributed by atoms with Crippen LogP contribution in [0.25, 0.3) is 0 Å². The molecule has 92 valence electrons. The lowest BCUT2D eigenvalue weighted by Gasteiger charge is -2.14. The van der Waals surface area contributed by atoms with Gasteiger partial charge in [0.25, 0.3) is 0 Å². The molecule has 0 spiro atoms. The average Bonchev–Trinajstić information content (AvgIpc) is 2.49. The van der Waals surface area contributed by atoms with Crippen molar-refractivity contribution in [2.75, 3.05) is 7.11 Å². The van der Waals surface area contributed by atoms with Gasteiger partial charge in [0.15, 0.2) is 0 Å². The molecule has 0 amide bonds. The quantitative estimate of drug-likeness (QED) is 0.837. The van der Waals surface area contributed by atoms with Gasteiger partial charge in [0.05, 0.1) is 24.8 Å². The number of nitrogens with zero attached hydrogens (tertiary/aromatic N) is 2. The van der Waals surface area contributed by atoms with Crippen LogP contribution in [-0.2, 0) is 0 Å². The molecule has 0 radical (unpaired) electrons. The van der Waals surface area contributed by atoms with Crippen molar-refractivity contribution in [2.45, 2.75) is 5.92 Å². The highest BCUT2D eigenvalue weighted by Gasteiger charge is 2.20. The minimum atomic E-state index is -0.507. The number of para-hydroxylation sites is 1. The smallest absolute Gasteiger partial charge is 0.123 e. The fourth-order valence-electron chi connectivity index (χ4n) is 2.06. The first-order valence-corrected chi connectivity index (χ1v) is 5.83. The van der Waals surface area contributed by atoms with E-state index in [0.717, 1.165) is 5.56 Å². The predicted octanol–water partition coefficient (Wildman–Crippen LogP) is 3.22. The van der Waals surface area contributed by atoms with Crippen molar-refractivity contribution < 1.29 is 4.74 Å². The van der Waals surface area contributed by atoms with Crippen LogP contribution in [-0.4, -0.2) is 7.11 Å². The Hall–Kier alpha value is -2.78. The van der Waals surface area contributed by atoms with Crippen molar-refractivity contribution in [1.29, 1.82) is 10.5 Å². The second-order valence-corrected chi connectivity index (χ2v) is 4.00. The molecule has 0 heterocycles. The molecular formula is C16H12N2O. The van der Waals surface area contributed by atoms with E-state index in [0.29, 0.717) is 16.9 Å². The van der Waals surface area contributed by atoms with E-state index in [1.54, 1.807) is 25.3 Å². The summed E-state index contributed by atoms with van der Waals surface area (Å²) in [5.41, 5.74) is 1.99. The van der Waals surface area contributed by atoms with E-state index in [2.05, 4.69) is 12.1 Å². The summed E-state index contributed by atoms with van der Waals surface area (Å²) < 4.78 is 5.29. The van der Waals surface area contributed by atoms with Gasteiger partial charge in [-0.3, -0.25) is 0 Å². The summed E-state index contributed by atoms with van der Waals surface area (Å²) in [6.45, 7) is 0. The average molecular weight is 248 g/mol. The lowest BCUT2D eigenvalue weighted by Crippen LogP contribution is -2.03. The van der Waals surface area contributed by atoms with Gasteiger partial charge in [0.1, 0.15) is 11.7 Å². The Balaban J connectivity index is 2.58. The molecule has 0 aromatic heterocycles. The molecule has 0 fully saturated rings. The second kappa shape index (κ2) is 5.71. The van der Waals surface area contributed by atoms with Crippen molar-refractivity contribution in [3.63, 3.8) is 0 Å². The molecule has 0 aliphatic carbocycles. The maximum atomic E-state index is 9.46. The van der Waals surface area contributed by atoms with Gasteiger partial charge in [-0.2, -0.15) is 10.5 Å². The fraction of sp³-hybridized carbons (Fsp3) is 0.125. The Morgan fingerprint density at radius 2 is 1.58 bits per heavy atom. The van der Waals surface area contributed by atoms with Crippen LogP contribution in [0.2, 0.25) is 0 Å². The minimum Gasteiger partial charge on any atom is -0.496 e. The summed E-state index contributed by atoms with van der Waals surface area (Å²) >= 11 is 0. The highest BCUT2D eigenvalue weighted by molar-refractivity contribution is 5.51. The van der Waals surface area contributed by atoms with E-state index in [-0.39, 0.29) is 0 Å².